The summed E-state index contributed by atoms with van der Waals surface area (Å²) in [5, 5.41) is 24.5. The fourth-order valence-electron chi connectivity index (χ4n) is 4.47. The molecule has 2 aliphatic heterocycles. The van der Waals surface area contributed by atoms with Crippen molar-refractivity contribution in [3.63, 3.8) is 0 Å². The molecule has 166 valence electrons. The number of aryl methyl sites for hydroxylation is 1. The molecular formula is C24H22F2N2O4. The van der Waals surface area contributed by atoms with E-state index in [0.29, 0.717) is 31.5 Å². The molecule has 3 N–H and O–H groups in total. The van der Waals surface area contributed by atoms with Gasteiger partial charge >= 0.3 is 0 Å². The summed E-state index contributed by atoms with van der Waals surface area (Å²) in [5.74, 6) is -2.08. The van der Waals surface area contributed by atoms with Gasteiger partial charge in [-0.05, 0) is 53.5 Å². The Balaban J connectivity index is 1.24. The Labute approximate surface area is 183 Å². The van der Waals surface area contributed by atoms with E-state index in [1.807, 2.05) is 11.0 Å². The van der Waals surface area contributed by atoms with Crippen LogP contribution in [0.3, 0.4) is 0 Å². The molecule has 2 aromatic carbocycles. The Bertz CT molecular complexity index is 1160. The molecule has 0 aromatic heterocycles. The number of aliphatic hydroxyl groups is 2. The van der Waals surface area contributed by atoms with Gasteiger partial charge < -0.3 is 20.3 Å². The molecule has 5 rings (SSSR count). The Kier molecular flexibility index (Phi) is 5.08. The third-order valence-corrected chi connectivity index (χ3v) is 6.10. The number of carbonyl (C=O) groups excluding carboxylic acids is 1. The number of likely N-dealkylation sites (tertiary alicyclic amines) is 1. The number of halogens is 2. The minimum atomic E-state index is -1.28. The van der Waals surface area contributed by atoms with E-state index in [9.17, 15) is 23.8 Å². The molecule has 2 atom stereocenters. The van der Waals surface area contributed by atoms with E-state index in [-0.39, 0.29) is 24.0 Å². The predicted octanol–water partition coefficient (Wildman–Crippen LogP) is 2.83. The summed E-state index contributed by atoms with van der Waals surface area (Å²) in [5.41, 5.74) is 1.91. The van der Waals surface area contributed by atoms with Crippen LogP contribution in [0.25, 0.3) is 0 Å². The maximum atomic E-state index is 13.9. The Hall–Kier alpha value is -3.07. The third-order valence-electron chi connectivity index (χ3n) is 6.10. The standard InChI is InChI=1S/C24H22F2N2O4/c25-18-2-1-3-21(23(18)26)32-17-9-16-11-28(13-24(16,31)10-17)12-20(29)15-4-6-19-14(8-15)5-7-22(30)27-19/h1-4,6,8-10,20,29,31H,5,7,11-13H2,(H,27,30)/t20-,24-/m1/s1. The molecule has 0 spiro atoms. The van der Waals surface area contributed by atoms with Gasteiger partial charge in [-0.2, -0.15) is 4.39 Å². The first-order valence-corrected chi connectivity index (χ1v) is 10.4. The SMILES string of the molecule is O=C1CCc2cc([C@H](O)CN3CC4=CC(Oc5cccc(F)c5F)=C[C@@]4(O)C3)ccc2N1. The molecule has 1 saturated heterocycles. The maximum absolute atomic E-state index is 13.9. The van der Waals surface area contributed by atoms with Gasteiger partial charge in [-0.15, -0.1) is 0 Å². The van der Waals surface area contributed by atoms with E-state index in [1.165, 1.54) is 18.2 Å². The van der Waals surface area contributed by atoms with Crippen molar-refractivity contribution in [2.75, 3.05) is 25.0 Å². The summed E-state index contributed by atoms with van der Waals surface area (Å²) in [7, 11) is 0. The summed E-state index contributed by atoms with van der Waals surface area (Å²) in [6.07, 6.45) is 3.41. The summed E-state index contributed by atoms with van der Waals surface area (Å²) < 4.78 is 32.7. The minimum absolute atomic E-state index is 0.00698. The van der Waals surface area contributed by atoms with Gasteiger partial charge in [0, 0.05) is 31.7 Å². The zero-order valence-corrected chi connectivity index (χ0v) is 17.1. The van der Waals surface area contributed by atoms with E-state index in [0.717, 1.165) is 22.9 Å². The van der Waals surface area contributed by atoms with Crippen molar-refractivity contribution in [2.45, 2.75) is 24.5 Å². The highest BCUT2D eigenvalue weighted by Crippen LogP contribution is 2.37. The van der Waals surface area contributed by atoms with E-state index in [2.05, 4.69) is 5.32 Å². The molecule has 1 amide bonds. The highest BCUT2D eigenvalue weighted by atomic mass is 19.2. The van der Waals surface area contributed by atoms with Gasteiger partial charge in [0.2, 0.25) is 11.7 Å². The average Bonchev–Trinajstić information content (AvgIpc) is 3.21. The second kappa shape index (κ2) is 7.81. The van der Waals surface area contributed by atoms with Crippen molar-refractivity contribution >= 4 is 11.6 Å². The van der Waals surface area contributed by atoms with Crippen LogP contribution in [0.15, 0.2) is 59.9 Å². The Morgan fingerprint density at radius 1 is 1.22 bits per heavy atom. The third kappa shape index (κ3) is 3.81. The van der Waals surface area contributed by atoms with Gasteiger partial charge in [-0.1, -0.05) is 18.2 Å². The number of rotatable bonds is 5. The minimum Gasteiger partial charge on any atom is -0.454 e. The van der Waals surface area contributed by atoms with E-state index in [1.54, 1.807) is 18.2 Å². The van der Waals surface area contributed by atoms with Crippen LogP contribution in [0.5, 0.6) is 5.75 Å². The number of amides is 1. The zero-order chi connectivity index (χ0) is 22.5. The lowest BCUT2D eigenvalue weighted by atomic mass is 9.98. The molecule has 2 heterocycles. The van der Waals surface area contributed by atoms with Crippen LogP contribution in [0.2, 0.25) is 0 Å². The highest BCUT2D eigenvalue weighted by Gasteiger charge is 2.43. The van der Waals surface area contributed by atoms with Crippen LogP contribution in [0.1, 0.15) is 23.7 Å². The van der Waals surface area contributed by atoms with Crippen molar-refractivity contribution < 1.29 is 28.5 Å². The number of carbonyl (C=O) groups is 1. The van der Waals surface area contributed by atoms with Gasteiger partial charge in [0.25, 0.3) is 0 Å². The molecule has 32 heavy (non-hydrogen) atoms. The molecule has 0 unspecified atom stereocenters. The molecule has 8 heteroatoms. The van der Waals surface area contributed by atoms with Gasteiger partial charge in [0.1, 0.15) is 11.4 Å². The number of nitrogens with zero attached hydrogens (tertiary/aromatic N) is 1. The Morgan fingerprint density at radius 2 is 2.06 bits per heavy atom. The molecule has 1 fully saturated rings. The van der Waals surface area contributed by atoms with Gasteiger partial charge in [0.15, 0.2) is 11.6 Å². The molecule has 1 aliphatic carbocycles. The first kappa shape index (κ1) is 20.8. The Morgan fingerprint density at radius 3 is 2.88 bits per heavy atom. The number of ether oxygens (including phenoxy) is 1. The number of hydrogen-bond acceptors (Lipinski definition) is 5. The molecule has 6 nitrogen and oxygen atoms in total. The number of anilines is 1. The normalized spacial score (nSPS) is 23.2. The topological polar surface area (TPSA) is 82.0 Å². The number of aliphatic hydroxyl groups excluding tert-OH is 1. The predicted molar refractivity (Wildman–Crippen MR) is 113 cm³/mol. The van der Waals surface area contributed by atoms with Crippen molar-refractivity contribution in [2.24, 2.45) is 0 Å². The van der Waals surface area contributed by atoms with Gasteiger partial charge in [-0.3, -0.25) is 9.69 Å². The lowest BCUT2D eigenvalue weighted by Gasteiger charge is -2.23. The van der Waals surface area contributed by atoms with Crippen LogP contribution < -0.4 is 10.1 Å². The smallest absolute Gasteiger partial charge is 0.224 e. The molecular weight excluding hydrogens is 418 g/mol. The molecule has 0 radical (unpaired) electrons. The number of fused-ring (bicyclic) bond motifs is 2. The van der Waals surface area contributed by atoms with Crippen LogP contribution in [0.4, 0.5) is 14.5 Å². The number of nitrogens with one attached hydrogen (secondary N) is 1. The molecule has 3 aliphatic rings. The summed E-state index contributed by atoms with van der Waals surface area (Å²) >= 11 is 0. The molecule has 2 aromatic rings. The van der Waals surface area contributed by atoms with Gasteiger partial charge in [-0.25, -0.2) is 4.39 Å². The number of benzene rings is 2. The van der Waals surface area contributed by atoms with Crippen molar-refractivity contribution in [1.29, 1.82) is 0 Å². The van der Waals surface area contributed by atoms with E-state index >= 15 is 0 Å². The first-order chi connectivity index (χ1) is 15.3. The van der Waals surface area contributed by atoms with Crippen LogP contribution in [-0.2, 0) is 11.2 Å². The van der Waals surface area contributed by atoms with E-state index < -0.39 is 23.3 Å². The number of hydrogen-bond donors (Lipinski definition) is 3. The first-order valence-electron chi connectivity index (χ1n) is 10.4. The highest BCUT2D eigenvalue weighted by molar-refractivity contribution is 5.93. The van der Waals surface area contributed by atoms with Crippen LogP contribution >= 0.6 is 0 Å². The fourth-order valence-corrected chi connectivity index (χ4v) is 4.47. The monoisotopic (exact) mass is 440 g/mol. The average molecular weight is 440 g/mol. The molecule has 0 bridgehead atoms. The summed E-state index contributed by atoms with van der Waals surface area (Å²) in [6, 6.07) is 9.18. The maximum Gasteiger partial charge on any atom is 0.224 e. The van der Waals surface area contributed by atoms with Crippen molar-refractivity contribution in [3.8, 4) is 5.75 Å². The van der Waals surface area contributed by atoms with E-state index in [4.69, 9.17) is 4.74 Å². The quantitative estimate of drug-likeness (QED) is 0.666. The van der Waals surface area contributed by atoms with Crippen molar-refractivity contribution in [3.05, 3.63) is 82.6 Å². The summed E-state index contributed by atoms with van der Waals surface area (Å²) in [6.45, 7) is 0.965. The second-order valence-corrected chi connectivity index (χ2v) is 8.44. The van der Waals surface area contributed by atoms with Gasteiger partial charge in [0.05, 0.1) is 6.10 Å². The summed E-state index contributed by atoms with van der Waals surface area (Å²) in [4.78, 5) is 13.4. The number of β-amino-alcohol motifs (C(OH)–C–C–N with tert-alkyl or cyclic N) is 2. The fraction of sp³-hybridized carbons (Fsp3) is 0.292. The van der Waals surface area contributed by atoms with Crippen LogP contribution in [0, 0.1) is 11.6 Å². The molecule has 0 saturated carbocycles. The number of allylic oxidation sites excluding steroid dienone is 1. The van der Waals surface area contributed by atoms with Crippen LogP contribution in [-0.4, -0.2) is 46.3 Å². The van der Waals surface area contributed by atoms with Crippen molar-refractivity contribution in [1.82, 2.24) is 4.90 Å². The second-order valence-electron chi connectivity index (χ2n) is 8.44. The zero-order valence-electron chi connectivity index (χ0n) is 17.1. The lowest BCUT2D eigenvalue weighted by molar-refractivity contribution is -0.116. The lowest BCUT2D eigenvalue weighted by Crippen LogP contribution is -2.33. The largest absolute Gasteiger partial charge is 0.454 e.